The van der Waals surface area contributed by atoms with Gasteiger partial charge in [0.15, 0.2) is 0 Å². The molecule has 0 fully saturated rings. The lowest BCUT2D eigenvalue weighted by molar-refractivity contribution is 0.627. The summed E-state index contributed by atoms with van der Waals surface area (Å²) in [4.78, 5) is 0. The van der Waals surface area contributed by atoms with Gasteiger partial charge in [0.2, 0.25) is 0 Å². The second-order valence-electron chi connectivity index (χ2n) is 5.04. The van der Waals surface area contributed by atoms with Crippen LogP contribution in [-0.4, -0.2) is 10.2 Å². The van der Waals surface area contributed by atoms with E-state index in [-0.39, 0.29) is 5.82 Å². The molecule has 0 amide bonds. The summed E-state index contributed by atoms with van der Waals surface area (Å²) in [6, 6.07) is 5.17. The number of rotatable bonds is 3. The summed E-state index contributed by atoms with van der Waals surface area (Å²) in [6.45, 7) is 6.06. The smallest absolute Gasteiger partial charge is 0.149 e. The fourth-order valence-corrected chi connectivity index (χ4v) is 2.04. The van der Waals surface area contributed by atoms with Crippen molar-refractivity contribution < 1.29 is 4.39 Å². The fourth-order valence-electron chi connectivity index (χ4n) is 2.04. The van der Waals surface area contributed by atoms with Crippen LogP contribution in [0.1, 0.15) is 25.0 Å². The second kappa shape index (κ2) is 4.80. The van der Waals surface area contributed by atoms with Gasteiger partial charge in [-0.2, -0.15) is 5.10 Å². The molecule has 0 spiro atoms. The minimum absolute atomic E-state index is 0.247. The first kappa shape index (κ1) is 12.6. The van der Waals surface area contributed by atoms with Gasteiger partial charge in [0.1, 0.15) is 11.6 Å². The molecule has 1 heterocycles. The number of aryl methyl sites for hydroxylation is 1. The van der Waals surface area contributed by atoms with Crippen LogP contribution in [0.25, 0.3) is 11.3 Å². The Balaban J connectivity index is 2.50. The molecular formula is C14H18FN3. The lowest BCUT2D eigenvalue weighted by Gasteiger charge is -2.08. The standard InChI is InChI=1S/C14H18FN3/c1-8(2)6-11-13(17-18-14(11)16)10-5-4-9(3)7-12(10)15/h4-5,7-8H,6H2,1-3H3,(H3,16,17,18). The molecule has 18 heavy (non-hydrogen) atoms. The van der Waals surface area contributed by atoms with E-state index in [2.05, 4.69) is 24.0 Å². The van der Waals surface area contributed by atoms with Crippen LogP contribution in [0.4, 0.5) is 10.2 Å². The van der Waals surface area contributed by atoms with E-state index in [0.29, 0.717) is 23.0 Å². The van der Waals surface area contributed by atoms with E-state index >= 15 is 0 Å². The first-order valence-corrected chi connectivity index (χ1v) is 6.08. The molecule has 0 aliphatic carbocycles. The van der Waals surface area contributed by atoms with E-state index in [1.165, 1.54) is 6.07 Å². The van der Waals surface area contributed by atoms with Crippen molar-refractivity contribution in [2.24, 2.45) is 5.92 Å². The molecule has 2 aromatic rings. The number of hydrogen-bond donors (Lipinski definition) is 2. The number of nitrogens with zero attached hydrogens (tertiary/aromatic N) is 1. The number of nitrogen functional groups attached to an aromatic ring is 1. The van der Waals surface area contributed by atoms with Crippen LogP contribution >= 0.6 is 0 Å². The summed E-state index contributed by atoms with van der Waals surface area (Å²) in [5.74, 6) is 0.652. The molecule has 0 saturated carbocycles. The zero-order valence-electron chi connectivity index (χ0n) is 10.9. The third-order valence-corrected chi connectivity index (χ3v) is 2.91. The highest BCUT2D eigenvalue weighted by molar-refractivity contribution is 5.68. The van der Waals surface area contributed by atoms with Crippen LogP contribution in [-0.2, 0) is 6.42 Å². The molecule has 4 heteroatoms. The van der Waals surface area contributed by atoms with Crippen molar-refractivity contribution in [3.63, 3.8) is 0 Å². The van der Waals surface area contributed by atoms with Crippen LogP contribution in [0.5, 0.6) is 0 Å². The van der Waals surface area contributed by atoms with Gasteiger partial charge in [0.05, 0.1) is 5.69 Å². The molecule has 0 saturated heterocycles. The molecule has 96 valence electrons. The Morgan fingerprint density at radius 3 is 2.72 bits per heavy atom. The molecule has 0 unspecified atom stereocenters. The largest absolute Gasteiger partial charge is 0.382 e. The number of aromatic nitrogens is 2. The zero-order valence-corrected chi connectivity index (χ0v) is 10.9. The van der Waals surface area contributed by atoms with Gasteiger partial charge in [-0.15, -0.1) is 0 Å². The monoisotopic (exact) mass is 247 g/mol. The lowest BCUT2D eigenvalue weighted by Crippen LogP contribution is -1.99. The van der Waals surface area contributed by atoms with Crippen molar-refractivity contribution in [1.29, 1.82) is 0 Å². The Bertz CT molecular complexity index is 558. The molecule has 2 rings (SSSR count). The Morgan fingerprint density at radius 2 is 2.11 bits per heavy atom. The van der Waals surface area contributed by atoms with E-state index in [0.717, 1.165) is 17.5 Å². The molecule has 0 radical (unpaired) electrons. The van der Waals surface area contributed by atoms with Crippen LogP contribution < -0.4 is 5.73 Å². The predicted octanol–water partition coefficient (Wildman–Crippen LogP) is 3.30. The van der Waals surface area contributed by atoms with Gasteiger partial charge >= 0.3 is 0 Å². The Kier molecular flexibility index (Phi) is 3.36. The third-order valence-electron chi connectivity index (χ3n) is 2.91. The van der Waals surface area contributed by atoms with Crippen molar-refractivity contribution in [2.75, 3.05) is 5.73 Å². The van der Waals surface area contributed by atoms with E-state index in [1.54, 1.807) is 6.07 Å². The summed E-state index contributed by atoms with van der Waals surface area (Å²) in [7, 11) is 0. The van der Waals surface area contributed by atoms with E-state index in [9.17, 15) is 4.39 Å². The van der Waals surface area contributed by atoms with Gasteiger partial charge in [-0.1, -0.05) is 19.9 Å². The average molecular weight is 247 g/mol. The molecule has 3 nitrogen and oxygen atoms in total. The van der Waals surface area contributed by atoms with Crippen LogP contribution in [0.15, 0.2) is 18.2 Å². The minimum atomic E-state index is -0.247. The number of aromatic amines is 1. The first-order valence-electron chi connectivity index (χ1n) is 6.08. The fraction of sp³-hybridized carbons (Fsp3) is 0.357. The first-order chi connectivity index (χ1) is 8.49. The third kappa shape index (κ3) is 2.37. The quantitative estimate of drug-likeness (QED) is 0.874. The lowest BCUT2D eigenvalue weighted by atomic mass is 9.98. The maximum atomic E-state index is 14.0. The number of halogens is 1. The number of nitrogens with one attached hydrogen (secondary N) is 1. The van der Waals surface area contributed by atoms with E-state index in [1.807, 2.05) is 13.0 Å². The number of hydrogen-bond acceptors (Lipinski definition) is 2. The topological polar surface area (TPSA) is 54.7 Å². The van der Waals surface area contributed by atoms with Crippen LogP contribution in [0, 0.1) is 18.7 Å². The van der Waals surface area contributed by atoms with E-state index in [4.69, 9.17) is 5.73 Å². The van der Waals surface area contributed by atoms with E-state index < -0.39 is 0 Å². The van der Waals surface area contributed by atoms with Crippen molar-refractivity contribution in [1.82, 2.24) is 10.2 Å². The normalized spacial score (nSPS) is 11.2. The van der Waals surface area contributed by atoms with Crippen molar-refractivity contribution >= 4 is 5.82 Å². The number of anilines is 1. The second-order valence-corrected chi connectivity index (χ2v) is 5.04. The number of H-pyrrole nitrogens is 1. The summed E-state index contributed by atoms with van der Waals surface area (Å²) in [5, 5.41) is 6.84. The predicted molar refractivity (Wildman–Crippen MR) is 71.7 cm³/mol. The molecule has 1 aromatic carbocycles. The molecule has 0 aliphatic rings. The summed E-state index contributed by atoms with van der Waals surface area (Å²) in [5.41, 5.74) is 8.86. The van der Waals surface area contributed by atoms with Gasteiger partial charge in [-0.3, -0.25) is 5.10 Å². The van der Waals surface area contributed by atoms with Gasteiger partial charge in [-0.25, -0.2) is 4.39 Å². The Hall–Kier alpha value is -1.84. The highest BCUT2D eigenvalue weighted by Crippen LogP contribution is 2.29. The van der Waals surface area contributed by atoms with Crippen molar-refractivity contribution in [3.8, 4) is 11.3 Å². The van der Waals surface area contributed by atoms with Crippen molar-refractivity contribution in [3.05, 3.63) is 35.1 Å². The molecular weight excluding hydrogens is 229 g/mol. The maximum absolute atomic E-state index is 14.0. The highest BCUT2D eigenvalue weighted by Gasteiger charge is 2.16. The SMILES string of the molecule is Cc1ccc(-c2[nH]nc(N)c2CC(C)C)c(F)c1. The average Bonchev–Trinajstić information content (AvgIpc) is 2.60. The number of benzene rings is 1. The minimum Gasteiger partial charge on any atom is -0.382 e. The van der Waals surface area contributed by atoms with Crippen LogP contribution in [0.3, 0.4) is 0 Å². The van der Waals surface area contributed by atoms with Crippen molar-refractivity contribution in [2.45, 2.75) is 27.2 Å². The molecule has 0 atom stereocenters. The molecule has 3 N–H and O–H groups in total. The summed E-state index contributed by atoms with van der Waals surface area (Å²) < 4.78 is 14.0. The zero-order chi connectivity index (χ0) is 13.3. The Labute approximate surface area is 106 Å². The van der Waals surface area contributed by atoms with Gasteiger partial charge in [0.25, 0.3) is 0 Å². The summed E-state index contributed by atoms with van der Waals surface area (Å²) in [6.07, 6.45) is 0.783. The Morgan fingerprint density at radius 1 is 1.39 bits per heavy atom. The van der Waals surface area contributed by atoms with Gasteiger partial charge < -0.3 is 5.73 Å². The molecule has 0 aliphatic heterocycles. The van der Waals surface area contributed by atoms with Gasteiger partial charge in [-0.05, 0) is 37.0 Å². The molecule has 1 aromatic heterocycles. The van der Waals surface area contributed by atoms with Gasteiger partial charge in [0, 0.05) is 11.1 Å². The van der Waals surface area contributed by atoms with Crippen LogP contribution in [0.2, 0.25) is 0 Å². The summed E-state index contributed by atoms with van der Waals surface area (Å²) >= 11 is 0. The highest BCUT2D eigenvalue weighted by atomic mass is 19.1. The number of nitrogens with two attached hydrogens (primary N) is 1. The maximum Gasteiger partial charge on any atom is 0.149 e. The molecule has 0 bridgehead atoms.